The molecule has 27 heavy (non-hydrogen) atoms. The predicted molar refractivity (Wildman–Crippen MR) is 104 cm³/mol. The lowest BCUT2D eigenvalue weighted by Crippen LogP contribution is -2.39. The van der Waals surface area contributed by atoms with E-state index in [1.54, 1.807) is 36.4 Å². The molecule has 1 aliphatic heterocycles. The van der Waals surface area contributed by atoms with E-state index in [9.17, 15) is 9.18 Å². The molecule has 0 spiro atoms. The number of rotatable bonds is 5. The van der Waals surface area contributed by atoms with Gasteiger partial charge in [-0.15, -0.1) is 0 Å². The lowest BCUT2D eigenvalue weighted by Gasteiger charge is -2.32. The molecular formula is C21H21ClFN3O. The molecule has 140 valence electrons. The second-order valence-corrected chi connectivity index (χ2v) is 7.40. The summed E-state index contributed by atoms with van der Waals surface area (Å²) in [5.74, 6) is -0.194. The number of carbonyl (C=O) groups excluding carboxylic acids is 1. The summed E-state index contributed by atoms with van der Waals surface area (Å²) in [5.41, 5.74) is 1.71. The van der Waals surface area contributed by atoms with E-state index >= 15 is 0 Å². The van der Waals surface area contributed by atoms with Crippen LogP contribution < -0.4 is 4.90 Å². The fourth-order valence-corrected chi connectivity index (χ4v) is 3.65. The molecule has 1 aliphatic rings. The average molecular weight is 386 g/mol. The number of hydrogen-bond donors (Lipinski definition) is 0. The standard InChI is InChI=1S/C21H21ClFN3O/c1-14(2)25-13-18(10-21(25)27)26(12-16-5-3-4-6-20(16)23)17-8-7-15(11-24)19(22)9-17/h3-9,14,18H,10,12-13H2,1-2H3/t18-/m0/s1. The van der Waals surface area contributed by atoms with E-state index in [0.717, 1.165) is 5.69 Å². The zero-order valence-corrected chi connectivity index (χ0v) is 16.1. The topological polar surface area (TPSA) is 47.3 Å². The SMILES string of the molecule is CC(C)N1C[C@@H](N(Cc2ccccc2F)c2ccc(C#N)c(Cl)c2)CC1=O. The Labute approximate surface area is 163 Å². The Balaban J connectivity index is 1.97. The maximum absolute atomic E-state index is 14.3. The van der Waals surface area contributed by atoms with Gasteiger partial charge >= 0.3 is 0 Å². The first kappa shape index (κ1) is 19.2. The smallest absolute Gasteiger partial charge is 0.225 e. The van der Waals surface area contributed by atoms with E-state index < -0.39 is 0 Å². The highest BCUT2D eigenvalue weighted by Crippen LogP contribution is 2.30. The summed E-state index contributed by atoms with van der Waals surface area (Å²) in [6.45, 7) is 4.86. The molecule has 6 heteroatoms. The van der Waals surface area contributed by atoms with Crippen LogP contribution in [-0.2, 0) is 11.3 Å². The van der Waals surface area contributed by atoms with Crippen LogP contribution in [0.25, 0.3) is 0 Å². The molecule has 1 fully saturated rings. The lowest BCUT2D eigenvalue weighted by molar-refractivity contribution is -0.129. The van der Waals surface area contributed by atoms with E-state index in [2.05, 4.69) is 0 Å². The van der Waals surface area contributed by atoms with E-state index in [1.165, 1.54) is 6.07 Å². The second-order valence-electron chi connectivity index (χ2n) is 6.99. The van der Waals surface area contributed by atoms with Crippen LogP contribution in [0, 0.1) is 17.1 Å². The van der Waals surface area contributed by atoms with E-state index in [-0.39, 0.29) is 23.8 Å². The Bertz CT molecular complexity index is 893. The number of amides is 1. The molecule has 1 amide bonds. The number of likely N-dealkylation sites (tertiary alicyclic amines) is 1. The van der Waals surface area contributed by atoms with Gasteiger partial charge in [0.15, 0.2) is 0 Å². The molecule has 0 radical (unpaired) electrons. The maximum Gasteiger partial charge on any atom is 0.225 e. The van der Waals surface area contributed by atoms with Gasteiger partial charge in [0.25, 0.3) is 0 Å². The Morgan fingerprint density at radius 3 is 2.67 bits per heavy atom. The number of benzene rings is 2. The van der Waals surface area contributed by atoms with E-state index in [0.29, 0.717) is 35.7 Å². The summed E-state index contributed by atoms with van der Waals surface area (Å²) in [6.07, 6.45) is 0.365. The number of halogens is 2. The van der Waals surface area contributed by atoms with Crippen molar-refractivity contribution in [3.8, 4) is 6.07 Å². The molecule has 1 heterocycles. The van der Waals surface area contributed by atoms with Crippen LogP contribution >= 0.6 is 11.6 Å². The molecule has 2 aromatic rings. The normalized spacial score (nSPS) is 16.7. The summed E-state index contributed by atoms with van der Waals surface area (Å²) in [4.78, 5) is 16.2. The van der Waals surface area contributed by atoms with Crippen molar-refractivity contribution in [1.29, 1.82) is 5.26 Å². The quantitative estimate of drug-likeness (QED) is 0.768. The number of nitrogens with zero attached hydrogens (tertiary/aromatic N) is 3. The zero-order valence-electron chi connectivity index (χ0n) is 15.3. The summed E-state index contributed by atoms with van der Waals surface area (Å²) in [6, 6.07) is 13.9. The Morgan fingerprint density at radius 2 is 2.07 bits per heavy atom. The van der Waals surface area contributed by atoms with Crippen molar-refractivity contribution in [3.63, 3.8) is 0 Å². The van der Waals surface area contributed by atoms with Gasteiger partial charge in [-0.05, 0) is 38.1 Å². The molecule has 0 saturated carbocycles. The third-order valence-corrected chi connectivity index (χ3v) is 5.22. The number of hydrogen-bond acceptors (Lipinski definition) is 3. The van der Waals surface area contributed by atoms with Gasteiger partial charge in [0.2, 0.25) is 5.91 Å². The summed E-state index contributed by atoms with van der Waals surface area (Å²) >= 11 is 6.22. The van der Waals surface area contributed by atoms with Gasteiger partial charge in [-0.1, -0.05) is 29.8 Å². The predicted octanol–water partition coefficient (Wildman–Crippen LogP) is 4.37. The largest absolute Gasteiger partial charge is 0.362 e. The number of carbonyl (C=O) groups is 1. The first-order valence-electron chi connectivity index (χ1n) is 8.90. The molecule has 3 rings (SSSR count). The lowest BCUT2D eigenvalue weighted by atomic mass is 10.1. The van der Waals surface area contributed by atoms with Gasteiger partial charge in [0.1, 0.15) is 11.9 Å². The minimum Gasteiger partial charge on any atom is -0.362 e. The highest BCUT2D eigenvalue weighted by molar-refractivity contribution is 6.32. The van der Waals surface area contributed by atoms with Crippen molar-refractivity contribution >= 4 is 23.2 Å². The molecule has 1 atom stereocenters. The van der Waals surface area contributed by atoms with Crippen LogP contribution in [0.3, 0.4) is 0 Å². The Kier molecular flexibility index (Phi) is 5.67. The minimum absolute atomic E-state index is 0.0910. The van der Waals surface area contributed by atoms with Gasteiger partial charge in [0.05, 0.1) is 16.6 Å². The van der Waals surface area contributed by atoms with Gasteiger partial charge in [-0.25, -0.2) is 4.39 Å². The average Bonchev–Trinajstić information content (AvgIpc) is 3.02. The van der Waals surface area contributed by atoms with Crippen molar-refractivity contribution < 1.29 is 9.18 Å². The van der Waals surface area contributed by atoms with Crippen molar-refractivity contribution in [3.05, 3.63) is 64.4 Å². The van der Waals surface area contributed by atoms with Gasteiger partial charge in [-0.2, -0.15) is 5.26 Å². The molecule has 2 aromatic carbocycles. The highest BCUT2D eigenvalue weighted by atomic mass is 35.5. The monoisotopic (exact) mass is 385 g/mol. The first-order valence-corrected chi connectivity index (χ1v) is 9.27. The Hall–Kier alpha value is -2.58. The first-order chi connectivity index (χ1) is 12.9. The summed E-state index contributed by atoms with van der Waals surface area (Å²) < 4.78 is 14.3. The van der Waals surface area contributed by atoms with E-state index in [1.807, 2.05) is 29.7 Å². The summed E-state index contributed by atoms with van der Waals surface area (Å²) in [7, 11) is 0. The van der Waals surface area contributed by atoms with Crippen molar-refractivity contribution in [2.45, 2.75) is 38.9 Å². The molecule has 0 unspecified atom stereocenters. The van der Waals surface area contributed by atoms with Crippen LogP contribution in [0.2, 0.25) is 5.02 Å². The van der Waals surface area contributed by atoms with Gasteiger partial charge in [0, 0.05) is 36.8 Å². The van der Waals surface area contributed by atoms with Crippen molar-refractivity contribution in [2.75, 3.05) is 11.4 Å². The fraction of sp³-hybridized carbons (Fsp3) is 0.333. The van der Waals surface area contributed by atoms with Gasteiger partial charge < -0.3 is 9.80 Å². The van der Waals surface area contributed by atoms with Crippen molar-refractivity contribution in [2.24, 2.45) is 0 Å². The Morgan fingerprint density at radius 1 is 1.33 bits per heavy atom. The number of anilines is 1. The number of nitriles is 1. The van der Waals surface area contributed by atoms with E-state index in [4.69, 9.17) is 16.9 Å². The molecule has 1 saturated heterocycles. The molecule has 0 N–H and O–H groups in total. The molecule has 4 nitrogen and oxygen atoms in total. The minimum atomic E-state index is -0.285. The van der Waals surface area contributed by atoms with Crippen LogP contribution in [0.5, 0.6) is 0 Å². The highest BCUT2D eigenvalue weighted by Gasteiger charge is 2.35. The summed E-state index contributed by atoms with van der Waals surface area (Å²) in [5, 5.41) is 9.46. The van der Waals surface area contributed by atoms with Crippen molar-refractivity contribution in [1.82, 2.24) is 4.90 Å². The molecular weight excluding hydrogens is 365 g/mol. The fourth-order valence-electron chi connectivity index (χ4n) is 3.43. The molecule has 0 aromatic heterocycles. The molecule has 0 bridgehead atoms. The maximum atomic E-state index is 14.3. The zero-order chi connectivity index (χ0) is 19.6. The van der Waals surface area contributed by atoms with Crippen LogP contribution in [-0.4, -0.2) is 29.4 Å². The molecule has 0 aliphatic carbocycles. The second kappa shape index (κ2) is 7.98. The van der Waals surface area contributed by atoms with Gasteiger partial charge in [-0.3, -0.25) is 4.79 Å². The van der Waals surface area contributed by atoms with Crippen LogP contribution in [0.1, 0.15) is 31.4 Å². The van der Waals surface area contributed by atoms with Crippen LogP contribution in [0.15, 0.2) is 42.5 Å². The third-order valence-electron chi connectivity index (χ3n) is 4.91. The van der Waals surface area contributed by atoms with Crippen LogP contribution in [0.4, 0.5) is 10.1 Å². The third kappa shape index (κ3) is 4.06.